The van der Waals surface area contributed by atoms with E-state index in [-0.39, 0.29) is 37.0 Å². The molecule has 11 nitrogen and oxygen atoms in total. The highest BCUT2D eigenvalue weighted by Gasteiger charge is 2.31. The summed E-state index contributed by atoms with van der Waals surface area (Å²) in [6, 6.07) is 15.2. The molecule has 3 amide bonds. The topological polar surface area (TPSA) is 150 Å². The van der Waals surface area contributed by atoms with E-state index in [0.717, 1.165) is 46.8 Å². The second-order valence-electron chi connectivity index (χ2n) is 9.62. The van der Waals surface area contributed by atoms with E-state index in [1.807, 2.05) is 74.9 Å². The average Bonchev–Trinajstić information content (AvgIpc) is 3.32. The minimum atomic E-state index is -0.304. The van der Waals surface area contributed by atoms with Crippen LogP contribution in [-0.2, 0) is 11.3 Å². The molecule has 11 heteroatoms. The summed E-state index contributed by atoms with van der Waals surface area (Å²) in [4.78, 5) is 32.3. The smallest absolute Gasteiger partial charge is 0.327 e. The third-order valence-electron chi connectivity index (χ3n) is 6.21. The normalized spacial score (nSPS) is 16.0. The van der Waals surface area contributed by atoms with Crippen molar-refractivity contribution in [2.45, 2.75) is 25.6 Å². The Morgan fingerprint density at radius 1 is 1.15 bits per heavy atom. The third kappa shape index (κ3) is 7.74. The first-order chi connectivity index (χ1) is 18.8. The quantitative estimate of drug-likeness (QED) is 0.159. The zero-order valence-corrected chi connectivity index (χ0v) is 22.3. The fourth-order valence-corrected chi connectivity index (χ4v) is 4.20. The van der Waals surface area contributed by atoms with Crippen molar-refractivity contribution in [3.05, 3.63) is 77.5 Å². The number of nitrogens with zero attached hydrogens (tertiary/aromatic N) is 3. The van der Waals surface area contributed by atoms with Gasteiger partial charge in [-0.15, -0.1) is 0 Å². The van der Waals surface area contributed by atoms with Gasteiger partial charge in [0.2, 0.25) is 5.91 Å². The summed E-state index contributed by atoms with van der Waals surface area (Å²) in [5.74, 6) is 0.633. The van der Waals surface area contributed by atoms with Gasteiger partial charge in [-0.25, -0.2) is 4.79 Å². The van der Waals surface area contributed by atoms with Crippen molar-refractivity contribution >= 4 is 29.3 Å². The predicted octanol–water partition coefficient (Wildman–Crippen LogP) is 1.68. The Balaban J connectivity index is 1.37. The van der Waals surface area contributed by atoms with Gasteiger partial charge in [0.25, 0.3) is 0 Å². The fourth-order valence-electron chi connectivity index (χ4n) is 4.20. The van der Waals surface area contributed by atoms with Crippen molar-refractivity contribution < 1.29 is 14.3 Å². The lowest BCUT2D eigenvalue weighted by molar-refractivity contribution is -0.121. The molecule has 4 rings (SSSR count). The number of rotatable bonds is 12. The van der Waals surface area contributed by atoms with E-state index in [4.69, 9.17) is 16.2 Å². The Morgan fingerprint density at radius 2 is 1.95 bits per heavy atom. The van der Waals surface area contributed by atoms with Crippen LogP contribution in [0, 0.1) is 0 Å². The lowest BCUT2D eigenvalue weighted by Gasteiger charge is -2.29. The Bertz CT molecular complexity index is 1270. The molecule has 0 aromatic heterocycles. The van der Waals surface area contributed by atoms with Crippen LogP contribution in [0.2, 0.25) is 0 Å². The molecule has 0 bridgehead atoms. The van der Waals surface area contributed by atoms with E-state index in [1.54, 1.807) is 4.90 Å². The number of benzene rings is 2. The van der Waals surface area contributed by atoms with Crippen LogP contribution in [0.4, 0.5) is 10.5 Å². The van der Waals surface area contributed by atoms with Crippen molar-refractivity contribution in [3.63, 3.8) is 0 Å². The van der Waals surface area contributed by atoms with Gasteiger partial charge < -0.3 is 37.1 Å². The number of nitrogens with one attached hydrogen (secondary N) is 3. The predicted molar refractivity (Wildman–Crippen MR) is 153 cm³/mol. The number of hydrogen-bond acceptors (Lipinski definition) is 6. The van der Waals surface area contributed by atoms with Gasteiger partial charge in [-0.3, -0.25) is 14.7 Å². The van der Waals surface area contributed by atoms with Gasteiger partial charge in [0.05, 0.1) is 18.8 Å². The van der Waals surface area contributed by atoms with Gasteiger partial charge in [-0.1, -0.05) is 24.3 Å². The van der Waals surface area contributed by atoms with Crippen LogP contribution in [0.3, 0.4) is 0 Å². The number of amides is 3. The first-order valence-electron chi connectivity index (χ1n) is 12.9. The van der Waals surface area contributed by atoms with Crippen LogP contribution in [0.15, 0.2) is 71.4 Å². The van der Waals surface area contributed by atoms with Gasteiger partial charge in [-0.2, -0.15) is 0 Å². The summed E-state index contributed by atoms with van der Waals surface area (Å²) >= 11 is 0. The monoisotopic (exact) mass is 532 g/mol. The number of anilines is 1. The lowest BCUT2D eigenvalue weighted by Crippen LogP contribution is -2.51. The van der Waals surface area contributed by atoms with Crippen LogP contribution in [0.25, 0.3) is 5.70 Å². The first-order valence-corrected chi connectivity index (χ1v) is 12.9. The van der Waals surface area contributed by atoms with Crippen LogP contribution in [0.5, 0.6) is 5.75 Å². The molecule has 1 unspecified atom stereocenters. The van der Waals surface area contributed by atoms with Crippen molar-refractivity contribution in [3.8, 4) is 5.75 Å². The van der Waals surface area contributed by atoms with E-state index in [0.29, 0.717) is 13.2 Å². The molecule has 2 aromatic rings. The SMILES string of the molecule is CN(C)CCCOc1cccc(C2=CC3=CN(c4ccc(CNC(=O)CCN=C(N)N)cc4)C(=O)NC3N2)c1. The van der Waals surface area contributed by atoms with Crippen molar-refractivity contribution in [1.82, 2.24) is 20.9 Å². The number of urea groups is 1. The molecule has 1 atom stereocenters. The maximum atomic E-state index is 12.9. The molecule has 2 heterocycles. The number of guanidine groups is 1. The molecule has 2 aliphatic rings. The highest BCUT2D eigenvalue weighted by Crippen LogP contribution is 2.29. The number of fused-ring (bicyclic) bond motifs is 1. The van der Waals surface area contributed by atoms with Gasteiger partial charge in [0.15, 0.2) is 5.96 Å². The number of hydrogen-bond donors (Lipinski definition) is 5. The van der Waals surface area contributed by atoms with Crippen LogP contribution in [-0.4, -0.2) is 62.8 Å². The van der Waals surface area contributed by atoms with Crippen molar-refractivity contribution in [1.29, 1.82) is 0 Å². The maximum Gasteiger partial charge on any atom is 0.327 e. The highest BCUT2D eigenvalue weighted by molar-refractivity contribution is 5.96. The van der Waals surface area contributed by atoms with Crippen LogP contribution in [0.1, 0.15) is 24.0 Å². The number of ether oxygens (including phenoxy) is 1. The molecule has 0 saturated carbocycles. The molecule has 0 saturated heterocycles. The zero-order valence-electron chi connectivity index (χ0n) is 22.3. The molecule has 2 aliphatic heterocycles. The van der Waals surface area contributed by atoms with Crippen LogP contribution < -0.4 is 37.1 Å². The van der Waals surface area contributed by atoms with Gasteiger partial charge in [-0.05, 0) is 56.4 Å². The Kier molecular flexibility index (Phi) is 9.06. The molecule has 0 spiro atoms. The van der Waals surface area contributed by atoms with Gasteiger partial charge >= 0.3 is 6.03 Å². The van der Waals surface area contributed by atoms with E-state index in [2.05, 4.69) is 25.8 Å². The van der Waals surface area contributed by atoms with Gasteiger partial charge in [0, 0.05) is 42.5 Å². The second-order valence-corrected chi connectivity index (χ2v) is 9.62. The molecule has 0 radical (unpaired) electrons. The standard InChI is InChI=1S/C28H36N8O3/c1-35(2)13-4-14-39-23-6-3-5-20(15-23)24-16-21-18-36(28(38)34-26(21)33-24)22-9-7-19(8-10-22)17-32-25(37)11-12-31-27(29)30/h3,5-10,15-16,18,26,33H,4,11-14,17H2,1-2H3,(H,32,37)(H,34,38)(H4,29,30,31). The Hall–Kier alpha value is -4.51. The Labute approximate surface area is 228 Å². The minimum Gasteiger partial charge on any atom is -0.494 e. The van der Waals surface area contributed by atoms with Crippen molar-refractivity contribution in [2.24, 2.45) is 16.5 Å². The number of aliphatic imine (C=N–C) groups is 1. The summed E-state index contributed by atoms with van der Waals surface area (Å²) in [6.07, 6.45) is 4.73. The number of nitrogens with two attached hydrogens (primary N) is 2. The molecule has 39 heavy (non-hydrogen) atoms. The molecule has 0 fully saturated rings. The zero-order chi connectivity index (χ0) is 27.8. The summed E-state index contributed by atoms with van der Waals surface area (Å²) < 4.78 is 5.92. The third-order valence-corrected chi connectivity index (χ3v) is 6.21. The fraction of sp³-hybridized carbons (Fsp3) is 0.321. The van der Waals surface area contributed by atoms with Gasteiger partial charge in [0.1, 0.15) is 11.9 Å². The summed E-state index contributed by atoms with van der Waals surface area (Å²) in [5.41, 5.74) is 15.0. The van der Waals surface area contributed by atoms with Crippen LogP contribution >= 0.6 is 0 Å². The van der Waals surface area contributed by atoms with E-state index in [1.165, 1.54) is 0 Å². The average molecular weight is 533 g/mol. The molecule has 2 aromatic carbocycles. The molecular weight excluding hydrogens is 496 g/mol. The molecule has 206 valence electrons. The molecular formula is C28H36N8O3. The first kappa shape index (κ1) is 27.5. The van der Waals surface area contributed by atoms with E-state index >= 15 is 0 Å². The maximum absolute atomic E-state index is 12.9. The molecule has 7 N–H and O–H groups in total. The van der Waals surface area contributed by atoms with E-state index in [9.17, 15) is 9.59 Å². The minimum absolute atomic E-state index is 0.0352. The largest absolute Gasteiger partial charge is 0.494 e. The Morgan fingerprint density at radius 3 is 2.69 bits per heavy atom. The lowest BCUT2D eigenvalue weighted by atomic mass is 10.1. The molecule has 0 aliphatic carbocycles. The summed E-state index contributed by atoms with van der Waals surface area (Å²) in [7, 11) is 4.09. The van der Waals surface area contributed by atoms with Crippen molar-refractivity contribution in [2.75, 3.05) is 38.7 Å². The number of carbonyl (C=O) groups is 2. The summed E-state index contributed by atoms with van der Waals surface area (Å²) in [6.45, 7) is 2.23. The second kappa shape index (κ2) is 12.8. The summed E-state index contributed by atoms with van der Waals surface area (Å²) in [5, 5.41) is 9.23. The highest BCUT2D eigenvalue weighted by atomic mass is 16.5. The number of carbonyl (C=O) groups excluding carboxylic acids is 2. The van der Waals surface area contributed by atoms with E-state index < -0.39 is 0 Å².